The van der Waals surface area contributed by atoms with Gasteiger partial charge in [-0.3, -0.25) is 4.79 Å². The molecule has 0 aromatic carbocycles. The molecule has 1 heterocycles. The fourth-order valence-electron chi connectivity index (χ4n) is 4.26. The molecular formula is C20H32O8. The molecule has 1 aliphatic heterocycles. The Hall–Kier alpha value is -1.13. The first-order valence-electron chi connectivity index (χ1n) is 9.47. The number of carbonyl (C=O) groups is 1. The maximum absolute atomic E-state index is 11.2. The number of ether oxygens (including phenoxy) is 2. The van der Waals surface area contributed by atoms with Crippen molar-refractivity contribution in [3.63, 3.8) is 0 Å². The number of rotatable bonds is 5. The molecule has 2 fully saturated rings. The van der Waals surface area contributed by atoms with E-state index in [1.807, 2.05) is 13.8 Å². The Morgan fingerprint density at radius 2 is 1.79 bits per heavy atom. The minimum atomic E-state index is -1.55. The predicted octanol–water partition coefficient (Wildman–Crippen LogP) is -0.186. The van der Waals surface area contributed by atoms with Gasteiger partial charge in [0, 0.05) is 6.42 Å². The molecule has 1 saturated carbocycles. The SMILES string of the molecule is CC(=O)C=CC=C1C(C)(C)CC(O)CC1(C)OC1OC(CO)C(O)C(O)C1O. The first-order chi connectivity index (χ1) is 12.9. The molecular weight excluding hydrogens is 368 g/mol. The van der Waals surface area contributed by atoms with Crippen molar-refractivity contribution in [2.24, 2.45) is 5.41 Å². The summed E-state index contributed by atoms with van der Waals surface area (Å²) in [7, 11) is 0. The molecule has 0 radical (unpaired) electrons. The Kier molecular flexibility index (Phi) is 7.20. The van der Waals surface area contributed by atoms with Gasteiger partial charge in [-0.2, -0.15) is 0 Å². The lowest BCUT2D eigenvalue weighted by Gasteiger charge is -2.50. The number of carbonyl (C=O) groups excluding carboxylic acids is 1. The van der Waals surface area contributed by atoms with Crippen molar-refractivity contribution in [2.45, 2.75) is 82.9 Å². The number of hydrogen-bond donors (Lipinski definition) is 5. The Balaban J connectivity index is 2.36. The Morgan fingerprint density at radius 3 is 2.36 bits per heavy atom. The van der Waals surface area contributed by atoms with Gasteiger partial charge in [0.15, 0.2) is 12.1 Å². The summed E-state index contributed by atoms with van der Waals surface area (Å²) in [6.07, 6.45) is -2.14. The van der Waals surface area contributed by atoms with Crippen molar-refractivity contribution in [3.8, 4) is 0 Å². The molecule has 8 heteroatoms. The second kappa shape index (κ2) is 8.71. The molecule has 28 heavy (non-hydrogen) atoms. The largest absolute Gasteiger partial charge is 0.394 e. The number of allylic oxidation sites excluding steroid dienone is 3. The highest BCUT2D eigenvalue weighted by atomic mass is 16.7. The van der Waals surface area contributed by atoms with Gasteiger partial charge in [0.05, 0.1) is 18.3 Å². The molecule has 1 saturated heterocycles. The lowest BCUT2D eigenvalue weighted by molar-refractivity contribution is -0.325. The molecule has 7 atom stereocenters. The first kappa shape index (κ1) is 23.2. The number of ketones is 1. The Labute approximate surface area is 165 Å². The molecule has 0 amide bonds. The lowest BCUT2D eigenvalue weighted by atomic mass is 9.64. The van der Waals surface area contributed by atoms with E-state index in [0.717, 1.165) is 5.57 Å². The maximum Gasteiger partial charge on any atom is 0.187 e. The van der Waals surface area contributed by atoms with E-state index in [1.165, 1.54) is 13.0 Å². The van der Waals surface area contributed by atoms with Crippen LogP contribution in [0.3, 0.4) is 0 Å². The molecule has 2 aliphatic rings. The van der Waals surface area contributed by atoms with E-state index in [9.17, 15) is 30.3 Å². The van der Waals surface area contributed by atoms with Crippen LogP contribution in [0, 0.1) is 5.41 Å². The quantitative estimate of drug-likeness (QED) is 0.401. The summed E-state index contributed by atoms with van der Waals surface area (Å²) in [5, 5.41) is 50.0. The third kappa shape index (κ3) is 4.88. The third-order valence-electron chi connectivity index (χ3n) is 5.49. The molecule has 0 aromatic rings. The van der Waals surface area contributed by atoms with Crippen LogP contribution in [0.4, 0.5) is 0 Å². The number of hydrogen-bond acceptors (Lipinski definition) is 8. The van der Waals surface area contributed by atoms with Crippen LogP contribution in [-0.2, 0) is 14.3 Å². The van der Waals surface area contributed by atoms with Gasteiger partial charge in [0.1, 0.15) is 24.4 Å². The van der Waals surface area contributed by atoms with Gasteiger partial charge in [0.2, 0.25) is 0 Å². The molecule has 7 unspecified atom stereocenters. The Morgan fingerprint density at radius 1 is 1.14 bits per heavy atom. The smallest absolute Gasteiger partial charge is 0.187 e. The van der Waals surface area contributed by atoms with Crippen LogP contribution in [0.25, 0.3) is 0 Å². The summed E-state index contributed by atoms with van der Waals surface area (Å²) in [5.74, 6) is -0.109. The van der Waals surface area contributed by atoms with Crippen LogP contribution >= 0.6 is 0 Å². The topological polar surface area (TPSA) is 137 Å². The lowest BCUT2D eigenvalue weighted by Crippen LogP contribution is -2.61. The summed E-state index contributed by atoms with van der Waals surface area (Å²) in [6.45, 7) is 6.51. The van der Waals surface area contributed by atoms with Crippen molar-refractivity contribution in [1.82, 2.24) is 0 Å². The van der Waals surface area contributed by atoms with Crippen LogP contribution in [0.2, 0.25) is 0 Å². The van der Waals surface area contributed by atoms with Crippen LogP contribution in [0.1, 0.15) is 40.5 Å². The van der Waals surface area contributed by atoms with Gasteiger partial charge in [-0.05, 0) is 37.3 Å². The van der Waals surface area contributed by atoms with Gasteiger partial charge in [-0.25, -0.2) is 0 Å². The monoisotopic (exact) mass is 400 g/mol. The van der Waals surface area contributed by atoms with Crippen molar-refractivity contribution in [2.75, 3.05) is 6.61 Å². The van der Waals surface area contributed by atoms with E-state index < -0.39 is 54.4 Å². The van der Waals surface area contributed by atoms with E-state index in [0.29, 0.717) is 6.42 Å². The van der Waals surface area contributed by atoms with Crippen molar-refractivity contribution in [3.05, 3.63) is 23.8 Å². The van der Waals surface area contributed by atoms with Gasteiger partial charge >= 0.3 is 0 Å². The minimum Gasteiger partial charge on any atom is -0.394 e. The molecule has 0 spiro atoms. The average Bonchev–Trinajstić information content (AvgIpc) is 2.57. The predicted molar refractivity (Wildman–Crippen MR) is 100 cm³/mol. The normalized spacial score (nSPS) is 42.8. The van der Waals surface area contributed by atoms with Crippen LogP contribution in [0.15, 0.2) is 23.8 Å². The molecule has 1 aliphatic carbocycles. The fraction of sp³-hybridized carbons (Fsp3) is 0.750. The van der Waals surface area contributed by atoms with E-state index in [1.54, 1.807) is 19.1 Å². The molecule has 0 bridgehead atoms. The summed E-state index contributed by atoms with van der Waals surface area (Å²) in [5.41, 5.74) is -0.753. The zero-order chi connectivity index (χ0) is 21.3. The second-order valence-corrected chi connectivity index (χ2v) is 8.54. The number of aliphatic hydroxyl groups excluding tert-OH is 5. The maximum atomic E-state index is 11.2. The highest BCUT2D eigenvalue weighted by molar-refractivity contribution is 5.87. The third-order valence-corrected chi connectivity index (χ3v) is 5.49. The van der Waals surface area contributed by atoms with Crippen LogP contribution < -0.4 is 0 Å². The zero-order valence-corrected chi connectivity index (χ0v) is 16.8. The Bertz CT molecular complexity index is 626. The van der Waals surface area contributed by atoms with E-state index in [2.05, 4.69) is 0 Å². The second-order valence-electron chi connectivity index (χ2n) is 8.54. The van der Waals surface area contributed by atoms with E-state index in [4.69, 9.17) is 9.47 Å². The van der Waals surface area contributed by atoms with Crippen LogP contribution in [0.5, 0.6) is 0 Å². The molecule has 5 N–H and O–H groups in total. The molecule has 8 nitrogen and oxygen atoms in total. The summed E-state index contributed by atoms with van der Waals surface area (Å²) < 4.78 is 11.5. The highest BCUT2D eigenvalue weighted by Crippen LogP contribution is 2.48. The van der Waals surface area contributed by atoms with Crippen LogP contribution in [-0.4, -0.2) is 80.3 Å². The summed E-state index contributed by atoms with van der Waals surface area (Å²) in [6, 6.07) is 0. The van der Waals surface area contributed by atoms with Gasteiger partial charge in [-0.15, -0.1) is 0 Å². The van der Waals surface area contributed by atoms with Gasteiger partial charge < -0.3 is 35.0 Å². The van der Waals surface area contributed by atoms with Gasteiger partial charge in [-0.1, -0.05) is 26.0 Å². The van der Waals surface area contributed by atoms with E-state index >= 15 is 0 Å². The van der Waals surface area contributed by atoms with Crippen molar-refractivity contribution in [1.29, 1.82) is 0 Å². The molecule has 2 rings (SSSR count). The average molecular weight is 400 g/mol. The van der Waals surface area contributed by atoms with Crippen molar-refractivity contribution >= 4 is 5.78 Å². The molecule has 0 aromatic heterocycles. The fourth-order valence-corrected chi connectivity index (χ4v) is 4.26. The first-order valence-corrected chi connectivity index (χ1v) is 9.47. The number of aliphatic hydroxyl groups is 5. The van der Waals surface area contributed by atoms with Gasteiger partial charge in [0.25, 0.3) is 0 Å². The molecule has 160 valence electrons. The van der Waals surface area contributed by atoms with E-state index in [-0.39, 0.29) is 12.2 Å². The summed E-state index contributed by atoms with van der Waals surface area (Å²) in [4.78, 5) is 11.2. The highest BCUT2D eigenvalue weighted by Gasteiger charge is 2.51. The zero-order valence-electron chi connectivity index (χ0n) is 16.8. The standard InChI is InChI=1S/C20H32O8/c1-11(22)6-5-7-14-19(2,3)8-12(23)9-20(14,4)28-18-17(26)16(25)15(24)13(10-21)27-18/h5-7,12-13,15-18,21,23-26H,8-10H2,1-4H3. The van der Waals surface area contributed by atoms with Crippen molar-refractivity contribution < 1.29 is 39.8 Å². The minimum absolute atomic E-state index is 0.109. The summed E-state index contributed by atoms with van der Waals surface area (Å²) >= 11 is 0.